The molecule has 1 N–H and O–H groups in total. The molecular formula is C36H44FN5O6. The van der Waals surface area contributed by atoms with Gasteiger partial charge in [0.15, 0.2) is 0 Å². The number of nitrogens with zero attached hydrogens (tertiary/aromatic N) is 5. The average Bonchev–Trinajstić information content (AvgIpc) is 3.07. The quantitative estimate of drug-likeness (QED) is 0.362. The highest BCUT2D eigenvalue weighted by Gasteiger charge is 2.41. The van der Waals surface area contributed by atoms with Crippen molar-refractivity contribution in [2.24, 2.45) is 0 Å². The lowest BCUT2D eigenvalue weighted by Gasteiger charge is -2.48. The first kappa shape index (κ1) is 33.6. The van der Waals surface area contributed by atoms with Crippen molar-refractivity contribution in [3.8, 4) is 11.6 Å². The zero-order valence-electron chi connectivity index (χ0n) is 27.7. The van der Waals surface area contributed by atoms with E-state index in [0.29, 0.717) is 56.6 Å². The molecule has 256 valence electrons. The lowest BCUT2D eigenvalue weighted by atomic mass is 10.0. The standard InChI is InChI=1S/C36H44FN5O6/c1-24-16-39(30(18-41(24)36(44)45)17-40-25(2)20-46-21-26(40)3)19-34(43)42-31(22-47-32-7-5-4-6-8-32)23-48-35-33(42)14-28(15-38-35)13-27-9-11-29(37)12-10-27/h4-12,14-15,24-26,30-31H,13,16-23H2,1-3H3,(H,44,45)/t24-,25-,26-,30+,31?/m1/s1. The number of morpholine rings is 1. The van der Waals surface area contributed by atoms with E-state index in [1.807, 2.05) is 43.3 Å². The van der Waals surface area contributed by atoms with Crippen LogP contribution in [0, 0.1) is 5.82 Å². The van der Waals surface area contributed by atoms with Gasteiger partial charge in [-0.3, -0.25) is 19.5 Å². The van der Waals surface area contributed by atoms with Crippen molar-refractivity contribution < 1.29 is 33.3 Å². The fourth-order valence-corrected chi connectivity index (χ4v) is 6.95. The number of benzene rings is 2. The van der Waals surface area contributed by atoms with Crippen molar-refractivity contribution in [2.45, 2.75) is 57.4 Å². The van der Waals surface area contributed by atoms with Crippen molar-refractivity contribution in [3.63, 3.8) is 0 Å². The van der Waals surface area contributed by atoms with Crippen molar-refractivity contribution in [3.05, 3.63) is 83.8 Å². The Balaban J connectivity index is 1.28. The van der Waals surface area contributed by atoms with Gasteiger partial charge in [-0.2, -0.15) is 0 Å². The second-order valence-electron chi connectivity index (χ2n) is 13.1. The molecule has 3 aliphatic heterocycles. The maximum absolute atomic E-state index is 14.6. The summed E-state index contributed by atoms with van der Waals surface area (Å²) in [4.78, 5) is 39.1. The number of fused-ring (bicyclic) bond motifs is 1. The lowest BCUT2D eigenvalue weighted by Crippen LogP contribution is -2.65. The number of rotatable bonds is 9. The molecule has 2 saturated heterocycles. The van der Waals surface area contributed by atoms with E-state index in [-0.39, 0.29) is 55.7 Å². The number of piperazine rings is 1. The van der Waals surface area contributed by atoms with E-state index in [0.717, 1.165) is 11.1 Å². The van der Waals surface area contributed by atoms with E-state index in [1.165, 1.54) is 17.0 Å². The third kappa shape index (κ3) is 7.72. The molecule has 5 atom stereocenters. The van der Waals surface area contributed by atoms with E-state index in [9.17, 15) is 19.1 Å². The molecule has 6 rings (SSSR count). The second-order valence-corrected chi connectivity index (χ2v) is 13.1. The van der Waals surface area contributed by atoms with Gasteiger partial charge in [-0.1, -0.05) is 30.3 Å². The molecule has 0 radical (unpaired) electrons. The molecular weight excluding hydrogens is 617 g/mol. The third-order valence-electron chi connectivity index (χ3n) is 9.51. The van der Waals surface area contributed by atoms with Crippen LogP contribution in [0.15, 0.2) is 66.9 Å². The molecule has 2 fully saturated rings. The van der Waals surface area contributed by atoms with Crippen molar-refractivity contribution in [1.82, 2.24) is 19.7 Å². The Morgan fingerprint density at radius 3 is 2.38 bits per heavy atom. The number of carboxylic acid groups (broad SMARTS) is 1. The highest BCUT2D eigenvalue weighted by molar-refractivity contribution is 5.97. The molecule has 3 aliphatic rings. The van der Waals surface area contributed by atoms with Gasteiger partial charge in [-0.25, -0.2) is 14.2 Å². The van der Waals surface area contributed by atoms with Gasteiger partial charge in [0.05, 0.1) is 19.8 Å². The second kappa shape index (κ2) is 14.9. The van der Waals surface area contributed by atoms with Gasteiger partial charge in [0.25, 0.3) is 0 Å². The monoisotopic (exact) mass is 661 g/mol. The predicted octanol–water partition coefficient (Wildman–Crippen LogP) is 4.15. The fourth-order valence-electron chi connectivity index (χ4n) is 6.95. The summed E-state index contributed by atoms with van der Waals surface area (Å²) in [6, 6.07) is 17.1. The first-order chi connectivity index (χ1) is 23.2. The number of para-hydroxylation sites is 1. The number of hydrogen-bond donors (Lipinski definition) is 1. The van der Waals surface area contributed by atoms with Gasteiger partial charge in [0.1, 0.15) is 36.5 Å². The first-order valence-corrected chi connectivity index (χ1v) is 16.6. The van der Waals surface area contributed by atoms with Crippen LogP contribution in [-0.4, -0.2) is 120 Å². The van der Waals surface area contributed by atoms with Crippen LogP contribution in [0.4, 0.5) is 14.9 Å². The summed E-state index contributed by atoms with van der Waals surface area (Å²) in [6.07, 6.45) is 1.26. The molecule has 0 spiro atoms. The highest BCUT2D eigenvalue weighted by Crippen LogP contribution is 2.34. The van der Waals surface area contributed by atoms with Gasteiger partial charge in [0, 0.05) is 50.0 Å². The number of pyridine rings is 1. The van der Waals surface area contributed by atoms with Gasteiger partial charge >= 0.3 is 6.09 Å². The third-order valence-corrected chi connectivity index (χ3v) is 9.51. The number of anilines is 1. The summed E-state index contributed by atoms with van der Waals surface area (Å²) < 4.78 is 31.5. The Hall–Kier alpha value is -4.26. The fraction of sp³-hybridized carbons (Fsp3) is 0.472. The minimum absolute atomic E-state index is 0.0824. The number of aromatic nitrogens is 1. The molecule has 3 aromatic rings. The van der Waals surface area contributed by atoms with Crippen LogP contribution in [0.5, 0.6) is 11.6 Å². The molecule has 1 unspecified atom stereocenters. The molecule has 0 aliphatic carbocycles. The van der Waals surface area contributed by atoms with Crippen molar-refractivity contribution in [1.29, 1.82) is 0 Å². The maximum atomic E-state index is 14.6. The van der Waals surface area contributed by atoms with E-state index in [1.54, 1.807) is 23.2 Å². The molecule has 2 aromatic carbocycles. The zero-order valence-corrected chi connectivity index (χ0v) is 27.7. The van der Waals surface area contributed by atoms with E-state index >= 15 is 0 Å². The first-order valence-electron chi connectivity index (χ1n) is 16.6. The largest absolute Gasteiger partial charge is 0.491 e. The van der Waals surface area contributed by atoms with E-state index in [2.05, 4.69) is 28.6 Å². The number of carbonyl (C=O) groups excluding carboxylic acids is 1. The average molecular weight is 662 g/mol. The Morgan fingerprint density at radius 2 is 1.67 bits per heavy atom. The topological polar surface area (TPSA) is 108 Å². The Kier molecular flexibility index (Phi) is 10.4. The van der Waals surface area contributed by atoms with Crippen LogP contribution in [0.2, 0.25) is 0 Å². The van der Waals surface area contributed by atoms with Crippen LogP contribution in [-0.2, 0) is 16.0 Å². The molecule has 0 bridgehead atoms. The Morgan fingerprint density at radius 1 is 0.938 bits per heavy atom. The summed E-state index contributed by atoms with van der Waals surface area (Å²) in [7, 11) is 0. The number of carbonyl (C=O) groups is 2. The highest BCUT2D eigenvalue weighted by atomic mass is 19.1. The minimum Gasteiger partial charge on any atom is -0.491 e. The van der Waals surface area contributed by atoms with Crippen LogP contribution in [0.25, 0.3) is 0 Å². The van der Waals surface area contributed by atoms with Crippen molar-refractivity contribution >= 4 is 17.7 Å². The number of ether oxygens (including phenoxy) is 3. The van der Waals surface area contributed by atoms with Gasteiger partial charge in [-0.15, -0.1) is 0 Å². The zero-order chi connectivity index (χ0) is 33.8. The van der Waals surface area contributed by atoms with Gasteiger partial charge in [0.2, 0.25) is 11.8 Å². The van der Waals surface area contributed by atoms with Crippen LogP contribution in [0.1, 0.15) is 31.9 Å². The van der Waals surface area contributed by atoms with Crippen LogP contribution in [0.3, 0.4) is 0 Å². The Bertz CT molecular complexity index is 1550. The number of halogens is 1. The molecule has 4 heterocycles. The summed E-state index contributed by atoms with van der Waals surface area (Å²) >= 11 is 0. The molecule has 2 amide bonds. The lowest BCUT2D eigenvalue weighted by molar-refractivity contribution is -0.123. The molecule has 12 heteroatoms. The normalized spacial score (nSPS) is 24.9. The van der Waals surface area contributed by atoms with E-state index in [4.69, 9.17) is 14.2 Å². The smallest absolute Gasteiger partial charge is 0.407 e. The van der Waals surface area contributed by atoms with E-state index < -0.39 is 12.1 Å². The number of hydrogen-bond acceptors (Lipinski definition) is 8. The summed E-state index contributed by atoms with van der Waals surface area (Å²) in [6.45, 7) is 9.13. The molecule has 0 saturated carbocycles. The summed E-state index contributed by atoms with van der Waals surface area (Å²) in [5.74, 6) is 0.596. The maximum Gasteiger partial charge on any atom is 0.407 e. The van der Waals surface area contributed by atoms with Crippen molar-refractivity contribution in [2.75, 3.05) is 57.5 Å². The van der Waals surface area contributed by atoms with Crippen LogP contribution < -0.4 is 14.4 Å². The van der Waals surface area contributed by atoms with Gasteiger partial charge in [-0.05, 0) is 68.7 Å². The SMILES string of the molecule is C[C@@H]1CN(CC(=O)N2c3cc(Cc4ccc(F)cc4)cnc3OCC2COc2ccccc2)[C@@H](CN2[C@H](C)COC[C@H]2C)CN1C(=O)O. The molecule has 11 nitrogen and oxygen atoms in total. The molecule has 48 heavy (non-hydrogen) atoms. The Labute approximate surface area is 280 Å². The summed E-state index contributed by atoms with van der Waals surface area (Å²) in [5, 5.41) is 10.00. The number of amides is 2. The molecule has 1 aromatic heterocycles. The van der Waals surface area contributed by atoms with Crippen LogP contribution >= 0.6 is 0 Å². The minimum atomic E-state index is -0.957. The van der Waals surface area contributed by atoms with Gasteiger partial charge < -0.3 is 24.2 Å². The summed E-state index contributed by atoms with van der Waals surface area (Å²) in [5.41, 5.74) is 2.32. The predicted molar refractivity (Wildman–Crippen MR) is 178 cm³/mol.